The molecule has 0 heterocycles. The maximum absolute atomic E-state index is 12.1. The number of rotatable bonds is 7. The van der Waals surface area contributed by atoms with Crippen molar-refractivity contribution < 1.29 is 29.6 Å². The molecule has 140 valence electrons. The smallest absolute Gasteiger partial charge is 0.407 e. The van der Waals surface area contributed by atoms with Crippen molar-refractivity contribution in [2.45, 2.75) is 63.9 Å². The molecule has 7 heteroatoms. The minimum absolute atomic E-state index is 0.136. The van der Waals surface area contributed by atoms with Crippen molar-refractivity contribution in [3.63, 3.8) is 0 Å². The minimum atomic E-state index is -2.38. The first-order chi connectivity index (χ1) is 11.5. The van der Waals surface area contributed by atoms with Gasteiger partial charge in [0.2, 0.25) is 0 Å². The second kappa shape index (κ2) is 8.31. The van der Waals surface area contributed by atoms with Gasteiger partial charge in [0.15, 0.2) is 5.60 Å². The number of carbonyl (C=O) groups excluding carboxylic acids is 1. The molecule has 0 aliphatic rings. The van der Waals surface area contributed by atoms with Crippen molar-refractivity contribution in [2.24, 2.45) is 0 Å². The van der Waals surface area contributed by atoms with E-state index in [0.717, 1.165) is 5.56 Å². The summed E-state index contributed by atoms with van der Waals surface area (Å²) in [5, 5.41) is 32.6. The zero-order chi connectivity index (χ0) is 19.3. The second-order valence-electron chi connectivity index (χ2n) is 6.97. The molecule has 1 amide bonds. The fraction of sp³-hybridized carbons (Fsp3) is 0.556. The van der Waals surface area contributed by atoms with Gasteiger partial charge in [-0.05, 0) is 39.2 Å². The Hall–Kier alpha value is -2.12. The van der Waals surface area contributed by atoms with Crippen LogP contribution in [0, 0.1) is 0 Å². The lowest BCUT2D eigenvalue weighted by molar-refractivity contribution is -0.174. The maximum atomic E-state index is 12.1. The van der Waals surface area contributed by atoms with E-state index in [9.17, 15) is 24.9 Å². The molecule has 0 unspecified atom stereocenters. The number of hydrogen-bond donors (Lipinski definition) is 4. The van der Waals surface area contributed by atoms with Crippen LogP contribution in [0.4, 0.5) is 4.79 Å². The second-order valence-corrected chi connectivity index (χ2v) is 6.97. The van der Waals surface area contributed by atoms with E-state index in [2.05, 4.69) is 5.32 Å². The SMILES string of the molecule is CC[C@](O)(C(=O)O)[C@@H](O)[C@H](Cc1ccccc1)NC(=O)OC(C)(C)C. The third-order valence-corrected chi connectivity index (χ3v) is 3.78. The molecule has 0 saturated heterocycles. The molecule has 0 saturated carbocycles. The summed E-state index contributed by atoms with van der Waals surface area (Å²) in [7, 11) is 0. The number of alkyl carbamates (subject to hydrolysis) is 1. The summed E-state index contributed by atoms with van der Waals surface area (Å²) in [6.07, 6.45) is -2.60. The molecule has 0 fully saturated rings. The van der Waals surface area contributed by atoms with E-state index in [0.29, 0.717) is 0 Å². The van der Waals surface area contributed by atoms with E-state index in [-0.39, 0.29) is 12.8 Å². The van der Waals surface area contributed by atoms with Crippen LogP contribution in [0.25, 0.3) is 0 Å². The van der Waals surface area contributed by atoms with Crippen molar-refractivity contribution in [2.75, 3.05) is 0 Å². The van der Waals surface area contributed by atoms with Crippen LogP contribution in [-0.4, -0.2) is 50.7 Å². The van der Waals surface area contributed by atoms with Crippen molar-refractivity contribution in [1.82, 2.24) is 5.32 Å². The quantitative estimate of drug-likeness (QED) is 0.593. The molecule has 0 aromatic heterocycles. The highest BCUT2D eigenvalue weighted by molar-refractivity contribution is 5.78. The summed E-state index contributed by atoms with van der Waals surface area (Å²) in [6, 6.07) is 7.91. The number of nitrogens with one attached hydrogen (secondary N) is 1. The van der Waals surface area contributed by atoms with Gasteiger partial charge in [-0.25, -0.2) is 9.59 Å². The number of aliphatic hydroxyl groups excluding tert-OH is 1. The topological polar surface area (TPSA) is 116 Å². The Morgan fingerprint density at radius 3 is 2.20 bits per heavy atom. The highest BCUT2D eigenvalue weighted by atomic mass is 16.6. The van der Waals surface area contributed by atoms with E-state index < -0.39 is 35.4 Å². The molecule has 1 rings (SSSR count). The van der Waals surface area contributed by atoms with Gasteiger partial charge in [-0.2, -0.15) is 0 Å². The Labute approximate surface area is 147 Å². The van der Waals surface area contributed by atoms with Gasteiger partial charge < -0.3 is 25.4 Å². The van der Waals surface area contributed by atoms with Crippen LogP contribution in [0.2, 0.25) is 0 Å². The average Bonchev–Trinajstić information content (AvgIpc) is 2.51. The number of aliphatic carboxylic acids is 1. The van der Waals surface area contributed by atoms with Gasteiger partial charge in [0.25, 0.3) is 0 Å². The molecule has 0 bridgehead atoms. The van der Waals surface area contributed by atoms with Crippen LogP contribution in [0.15, 0.2) is 30.3 Å². The number of aliphatic hydroxyl groups is 2. The highest BCUT2D eigenvalue weighted by Gasteiger charge is 2.46. The normalized spacial score (nSPS) is 16.4. The van der Waals surface area contributed by atoms with Gasteiger partial charge in [0, 0.05) is 0 Å². The molecule has 0 aliphatic heterocycles. The van der Waals surface area contributed by atoms with E-state index >= 15 is 0 Å². The molecular formula is C18H27NO6. The molecule has 1 aromatic carbocycles. The Morgan fingerprint density at radius 1 is 1.20 bits per heavy atom. The van der Waals surface area contributed by atoms with Crippen molar-refractivity contribution in [1.29, 1.82) is 0 Å². The fourth-order valence-corrected chi connectivity index (χ4v) is 2.39. The third kappa shape index (κ3) is 6.03. The number of carboxylic acids is 1. The predicted molar refractivity (Wildman–Crippen MR) is 92.2 cm³/mol. The van der Waals surface area contributed by atoms with E-state index in [1.165, 1.54) is 6.92 Å². The fourth-order valence-electron chi connectivity index (χ4n) is 2.39. The lowest BCUT2D eigenvalue weighted by Crippen LogP contribution is -2.59. The van der Waals surface area contributed by atoms with Gasteiger partial charge in [-0.1, -0.05) is 37.3 Å². The first kappa shape index (κ1) is 20.9. The highest BCUT2D eigenvalue weighted by Crippen LogP contribution is 2.21. The maximum Gasteiger partial charge on any atom is 0.407 e. The summed E-state index contributed by atoms with van der Waals surface area (Å²) in [6.45, 7) is 6.52. The van der Waals surface area contributed by atoms with Gasteiger partial charge in [-0.15, -0.1) is 0 Å². The zero-order valence-corrected chi connectivity index (χ0v) is 15.0. The van der Waals surface area contributed by atoms with E-state index in [1.807, 2.05) is 6.07 Å². The average molecular weight is 353 g/mol. The molecule has 0 aliphatic carbocycles. The van der Waals surface area contributed by atoms with Crippen molar-refractivity contribution in [3.05, 3.63) is 35.9 Å². The minimum Gasteiger partial charge on any atom is -0.479 e. The zero-order valence-electron chi connectivity index (χ0n) is 15.0. The lowest BCUT2D eigenvalue weighted by atomic mass is 9.86. The van der Waals surface area contributed by atoms with Gasteiger partial charge in [-0.3, -0.25) is 0 Å². The van der Waals surface area contributed by atoms with Crippen LogP contribution in [0.1, 0.15) is 39.7 Å². The molecule has 4 N–H and O–H groups in total. The summed E-state index contributed by atoms with van der Waals surface area (Å²) in [4.78, 5) is 23.5. The first-order valence-electron chi connectivity index (χ1n) is 8.17. The number of carbonyl (C=O) groups is 2. The van der Waals surface area contributed by atoms with Crippen LogP contribution < -0.4 is 5.32 Å². The summed E-state index contributed by atoms with van der Waals surface area (Å²) in [5.74, 6) is -1.55. The van der Waals surface area contributed by atoms with Crippen molar-refractivity contribution in [3.8, 4) is 0 Å². The largest absolute Gasteiger partial charge is 0.479 e. The number of benzene rings is 1. The van der Waals surface area contributed by atoms with Gasteiger partial charge >= 0.3 is 12.1 Å². The standard InChI is InChI=1S/C18H27NO6/c1-5-18(24,15(21)22)14(20)13(11-12-9-7-6-8-10-12)19-16(23)25-17(2,3)4/h6-10,13-14,20,24H,5,11H2,1-4H3,(H,19,23)(H,21,22)/t13-,14-,18+/m0/s1. The molecule has 7 nitrogen and oxygen atoms in total. The summed E-state index contributed by atoms with van der Waals surface area (Å²) in [5.41, 5.74) is -2.36. The molecular weight excluding hydrogens is 326 g/mol. The molecule has 1 aromatic rings. The summed E-state index contributed by atoms with van der Waals surface area (Å²) >= 11 is 0. The Bertz CT molecular complexity index is 583. The molecule has 25 heavy (non-hydrogen) atoms. The van der Waals surface area contributed by atoms with Crippen LogP contribution in [-0.2, 0) is 16.0 Å². The first-order valence-corrected chi connectivity index (χ1v) is 8.17. The van der Waals surface area contributed by atoms with E-state index in [1.54, 1.807) is 45.0 Å². The molecule has 0 radical (unpaired) electrons. The van der Waals surface area contributed by atoms with Crippen molar-refractivity contribution >= 4 is 12.1 Å². The lowest BCUT2D eigenvalue weighted by Gasteiger charge is -2.34. The Kier molecular flexibility index (Phi) is 6.96. The van der Waals surface area contributed by atoms with E-state index in [4.69, 9.17) is 4.74 Å². The Morgan fingerprint density at radius 2 is 1.76 bits per heavy atom. The number of hydrogen-bond acceptors (Lipinski definition) is 5. The Balaban J connectivity index is 3.05. The predicted octanol–water partition coefficient (Wildman–Crippen LogP) is 1.71. The molecule has 3 atom stereocenters. The number of carboxylic acid groups (broad SMARTS) is 1. The number of ether oxygens (including phenoxy) is 1. The van der Waals surface area contributed by atoms with Crippen LogP contribution >= 0.6 is 0 Å². The van der Waals surface area contributed by atoms with Crippen LogP contribution in [0.3, 0.4) is 0 Å². The van der Waals surface area contributed by atoms with Gasteiger partial charge in [0.1, 0.15) is 11.7 Å². The summed E-state index contributed by atoms with van der Waals surface area (Å²) < 4.78 is 5.17. The number of amides is 1. The molecule has 0 spiro atoms. The van der Waals surface area contributed by atoms with Crippen LogP contribution in [0.5, 0.6) is 0 Å². The van der Waals surface area contributed by atoms with Gasteiger partial charge in [0.05, 0.1) is 6.04 Å². The monoisotopic (exact) mass is 353 g/mol. The third-order valence-electron chi connectivity index (χ3n) is 3.78.